The minimum absolute atomic E-state index is 0.0688. The van der Waals surface area contributed by atoms with Gasteiger partial charge < -0.3 is 9.88 Å². The fourth-order valence-electron chi connectivity index (χ4n) is 4.28. The van der Waals surface area contributed by atoms with Crippen molar-refractivity contribution < 1.29 is 13.2 Å². The summed E-state index contributed by atoms with van der Waals surface area (Å²) in [5.41, 5.74) is 4.05. The third kappa shape index (κ3) is 4.51. The predicted molar refractivity (Wildman–Crippen MR) is 132 cm³/mol. The smallest absolute Gasteiger partial charge is 0.240 e. The van der Waals surface area contributed by atoms with Crippen molar-refractivity contribution in [1.29, 1.82) is 0 Å². The van der Waals surface area contributed by atoms with E-state index in [0.717, 1.165) is 41.5 Å². The number of aromatic nitrogens is 1. The van der Waals surface area contributed by atoms with Crippen LogP contribution in [0.25, 0.3) is 21.8 Å². The molecule has 1 aliphatic rings. The highest BCUT2D eigenvalue weighted by atomic mass is 32.2. The summed E-state index contributed by atoms with van der Waals surface area (Å²) in [5, 5.41) is 5.31. The van der Waals surface area contributed by atoms with Crippen LogP contribution in [0.15, 0.2) is 71.6 Å². The van der Waals surface area contributed by atoms with Crippen molar-refractivity contribution in [2.24, 2.45) is 0 Å². The molecule has 33 heavy (non-hydrogen) atoms. The third-order valence-corrected chi connectivity index (χ3v) is 7.68. The van der Waals surface area contributed by atoms with Gasteiger partial charge in [0.05, 0.1) is 4.90 Å². The van der Waals surface area contributed by atoms with Crippen LogP contribution in [-0.4, -0.2) is 24.9 Å². The van der Waals surface area contributed by atoms with Crippen LogP contribution < -0.4 is 10.0 Å². The van der Waals surface area contributed by atoms with Gasteiger partial charge in [0.1, 0.15) is 0 Å². The molecule has 0 bridgehead atoms. The van der Waals surface area contributed by atoms with Crippen LogP contribution in [0.5, 0.6) is 0 Å². The SMILES string of the molecule is CCn1c2ccccc2c2cc(NC(=O)CCc3ccc(S(=O)(=O)NC4CC4)cc3)ccc21. The molecule has 170 valence electrons. The zero-order valence-corrected chi connectivity index (χ0v) is 19.4. The molecular formula is C26H27N3O3S. The highest BCUT2D eigenvalue weighted by Crippen LogP contribution is 2.31. The zero-order valence-electron chi connectivity index (χ0n) is 18.5. The molecule has 1 fully saturated rings. The molecule has 0 atom stereocenters. The standard InChI is InChI=1S/C26H27N3O3S/c1-2-29-24-6-4-3-5-22(24)23-17-20(12-15-25(23)29)27-26(30)16-9-18-7-13-21(14-8-18)33(31,32)28-19-10-11-19/h3-8,12-15,17,19,28H,2,9-11,16H2,1H3,(H,27,30). The van der Waals surface area contributed by atoms with Gasteiger partial charge in [0.2, 0.25) is 15.9 Å². The number of nitrogens with one attached hydrogen (secondary N) is 2. The molecule has 1 aromatic heterocycles. The Bertz CT molecular complexity index is 1440. The number of benzene rings is 3. The van der Waals surface area contributed by atoms with Gasteiger partial charge in [-0.25, -0.2) is 13.1 Å². The first-order valence-electron chi connectivity index (χ1n) is 11.4. The number of sulfonamides is 1. The van der Waals surface area contributed by atoms with Gasteiger partial charge in [-0.15, -0.1) is 0 Å². The average Bonchev–Trinajstić information content (AvgIpc) is 3.57. The second-order valence-electron chi connectivity index (χ2n) is 8.58. The summed E-state index contributed by atoms with van der Waals surface area (Å²) >= 11 is 0. The van der Waals surface area contributed by atoms with Crippen LogP contribution >= 0.6 is 0 Å². The largest absolute Gasteiger partial charge is 0.341 e. The molecule has 5 rings (SSSR count). The number of anilines is 1. The number of hydrogen-bond donors (Lipinski definition) is 2. The number of rotatable bonds is 8. The molecular weight excluding hydrogens is 434 g/mol. The maximum absolute atomic E-state index is 12.6. The van der Waals surface area contributed by atoms with Crippen molar-refractivity contribution in [2.45, 2.75) is 50.1 Å². The van der Waals surface area contributed by atoms with E-state index in [-0.39, 0.29) is 16.8 Å². The summed E-state index contributed by atoms with van der Waals surface area (Å²) < 4.78 is 29.5. The summed E-state index contributed by atoms with van der Waals surface area (Å²) in [6.07, 6.45) is 2.67. The van der Waals surface area contributed by atoms with Crippen molar-refractivity contribution in [3.8, 4) is 0 Å². The zero-order chi connectivity index (χ0) is 23.0. The molecule has 3 aromatic carbocycles. The number of aryl methyl sites for hydroxylation is 2. The number of carbonyl (C=O) groups is 1. The number of carbonyl (C=O) groups excluding carboxylic acids is 1. The van der Waals surface area contributed by atoms with E-state index in [1.807, 2.05) is 24.3 Å². The number of nitrogens with zero attached hydrogens (tertiary/aromatic N) is 1. The van der Waals surface area contributed by atoms with E-state index >= 15 is 0 Å². The van der Waals surface area contributed by atoms with E-state index in [1.54, 1.807) is 24.3 Å². The Hall–Kier alpha value is -3.16. The van der Waals surface area contributed by atoms with E-state index in [4.69, 9.17) is 0 Å². The summed E-state index contributed by atoms with van der Waals surface area (Å²) in [7, 11) is -3.45. The first-order chi connectivity index (χ1) is 15.9. The highest BCUT2D eigenvalue weighted by Gasteiger charge is 2.27. The lowest BCUT2D eigenvalue weighted by Gasteiger charge is -2.08. The molecule has 0 saturated heterocycles. The van der Waals surface area contributed by atoms with Gasteiger partial charge in [0.15, 0.2) is 0 Å². The summed E-state index contributed by atoms with van der Waals surface area (Å²) in [6, 6.07) is 21.2. The van der Waals surface area contributed by atoms with E-state index in [0.29, 0.717) is 12.8 Å². The average molecular weight is 462 g/mol. The summed E-state index contributed by atoms with van der Waals surface area (Å²) in [5.74, 6) is -0.0688. The van der Waals surface area contributed by atoms with Crippen LogP contribution in [0.2, 0.25) is 0 Å². The Morgan fingerprint density at radius 1 is 0.970 bits per heavy atom. The molecule has 4 aromatic rings. The van der Waals surface area contributed by atoms with Crippen molar-refractivity contribution >= 4 is 43.4 Å². The van der Waals surface area contributed by atoms with E-state index < -0.39 is 10.0 Å². The topological polar surface area (TPSA) is 80.2 Å². The Morgan fingerprint density at radius 2 is 1.70 bits per heavy atom. The lowest BCUT2D eigenvalue weighted by atomic mass is 10.1. The van der Waals surface area contributed by atoms with Crippen LogP contribution in [0, 0.1) is 0 Å². The second kappa shape index (κ2) is 8.65. The third-order valence-electron chi connectivity index (χ3n) is 6.15. The molecule has 0 aliphatic heterocycles. The van der Waals surface area contributed by atoms with Crippen LogP contribution in [0.4, 0.5) is 5.69 Å². The van der Waals surface area contributed by atoms with E-state index in [1.165, 1.54) is 10.9 Å². The molecule has 7 heteroatoms. The van der Waals surface area contributed by atoms with Gasteiger partial charge in [-0.3, -0.25) is 4.79 Å². The van der Waals surface area contributed by atoms with Gasteiger partial charge in [0.25, 0.3) is 0 Å². The number of fused-ring (bicyclic) bond motifs is 3. The molecule has 0 spiro atoms. The van der Waals surface area contributed by atoms with Crippen LogP contribution in [0.1, 0.15) is 31.7 Å². The fraction of sp³-hybridized carbons (Fsp3) is 0.269. The Morgan fingerprint density at radius 3 is 2.42 bits per heavy atom. The Labute approximate surface area is 193 Å². The summed E-state index contributed by atoms with van der Waals surface area (Å²) in [6.45, 7) is 3.01. The van der Waals surface area contributed by atoms with Gasteiger partial charge >= 0.3 is 0 Å². The van der Waals surface area contributed by atoms with Crippen molar-refractivity contribution in [3.63, 3.8) is 0 Å². The van der Waals surface area contributed by atoms with Crippen molar-refractivity contribution in [2.75, 3.05) is 5.32 Å². The van der Waals surface area contributed by atoms with Crippen molar-refractivity contribution in [1.82, 2.24) is 9.29 Å². The Balaban J connectivity index is 1.25. The van der Waals surface area contributed by atoms with Gasteiger partial charge in [-0.2, -0.15) is 0 Å². The molecule has 1 saturated carbocycles. The van der Waals surface area contributed by atoms with E-state index in [9.17, 15) is 13.2 Å². The summed E-state index contributed by atoms with van der Waals surface area (Å²) in [4.78, 5) is 12.8. The Kier molecular flexibility index (Phi) is 5.68. The maximum atomic E-state index is 12.6. The van der Waals surface area contributed by atoms with E-state index in [2.05, 4.69) is 39.7 Å². The van der Waals surface area contributed by atoms with Gasteiger partial charge in [-0.1, -0.05) is 30.3 Å². The molecule has 1 heterocycles. The lowest BCUT2D eigenvalue weighted by Crippen LogP contribution is -2.25. The van der Waals surface area contributed by atoms with Crippen LogP contribution in [-0.2, 0) is 27.8 Å². The minimum Gasteiger partial charge on any atom is -0.341 e. The normalized spacial score (nSPS) is 14.1. The number of hydrogen-bond acceptors (Lipinski definition) is 3. The van der Waals surface area contributed by atoms with Gasteiger partial charge in [0, 0.05) is 46.5 Å². The van der Waals surface area contributed by atoms with Crippen molar-refractivity contribution in [3.05, 3.63) is 72.3 Å². The molecule has 1 amide bonds. The minimum atomic E-state index is -3.45. The monoisotopic (exact) mass is 461 g/mol. The number of amides is 1. The maximum Gasteiger partial charge on any atom is 0.240 e. The lowest BCUT2D eigenvalue weighted by molar-refractivity contribution is -0.116. The van der Waals surface area contributed by atoms with Gasteiger partial charge in [-0.05, 0) is 68.1 Å². The number of para-hydroxylation sites is 1. The second-order valence-corrected chi connectivity index (χ2v) is 10.3. The fourth-order valence-corrected chi connectivity index (χ4v) is 5.58. The molecule has 2 N–H and O–H groups in total. The molecule has 0 radical (unpaired) electrons. The highest BCUT2D eigenvalue weighted by molar-refractivity contribution is 7.89. The first kappa shape index (κ1) is 21.7. The predicted octanol–water partition coefficient (Wildman–Crippen LogP) is 4.83. The molecule has 6 nitrogen and oxygen atoms in total. The molecule has 0 unspecified atom stereocenters. The quantitative estimate of drug-likeness (QED) is 0.395. The van der Waals surface area contributed by atoms with Crippen LogP contribution in [0.3, 0.4) is 0 Å². The first-order valence-corrected chi connectivity index (χ1v) is 12.8. The molecule has 1 aliphatic carbocycles.